The van der Waals surface area contributed by atoms with Crippen molar-refractivity contribution < 1.29 is 48.3 Å². The number of allylic oxidation sites excluding steroid dienone is 2. The van der Waals surface area contributed by atoms with Crippen molar-refractivity contribution in [3.05, 3.63) is 178 Å². The van der Waals surface area contributed by atoms with Crippen molar-refractivity contribution >= 4 is 29.6 Å². The second-order valence-corrected chi connectivity index (χ2v) is 17.3. The van der Waals surface area contributed by atoms with Gasteiger partial charge in [-0.25, -0.2) is 9.69 Å². The molecule has 0 unspecified atom stereocenters. The molecule has 1 spiro atoms. The van der Waals surface area contributed by atoms with Crippen LogP contribution in [-0.2, 0) is 34.0 Å². The van der Waals surface area contributed by atoms with Gasteiger partial charge in [0.05, 0.1) is 43.0 Å². The third kappa shape index (κ3) is 8.68. The SMILES string of the molecule is COCCOC(=O)N1C(=O)[C@@]2(c3cc(C#CC4=CCCCC4)ccc31)[C@H](c1ccc(OCCO)cc1)N1[C@H](c3ccccc3)[C@H](c3ccccc3)OC(=O)[C@H]1[C@@H]2C(=O)NC[C@H](O)c1ccccc1. The van der Waals surface area contributed by atoms with E-state index in [9.17, 15) is 15.0 Å². The number of aliphatic hydroxyl groups excluding tert-OH is 2. The largest absolute Gasteiger partial charge is 0.491 e. The summed E-state index contributed by atoms with van der Waals surface area (Å²) >= 11 is 0. The number of cyclic esters (lactones) is 1. The summed E-state index contributed by atoms with van der Waals surface area (Å²) in [5.74, 6) is 3.23. The van der Waals surface area contributed by atoms with Crippen molar-refractivity contribution in [3.63, 3.8) is 0 Å². The van der Waals surface area contributed by atoms with Crippen LogP contribution >= 0.6 is 0 Å². The van der Waals surface area contributed by atoms with Crippen molar-refractivity contribution in [2.24, 2.45) is 5.92 Å². The summed E-state index contributed by atoms with van der Waals surface area (Å²) in [5.41, 5.74) is 2.41. The van der Waals surface area contributed by atoms with Crippen molar-refractivity contribution in [2.75, 3.05) is 45.0 Å². The lowest BCUT2D eigenvalue weighted by Gasteiger charge is -2.46. The van der Waals surface area contributed by atoms with Gasteiger partial charge in [0.15, 0.2) is 0 Å². The number of ether oxygens (including phenoxy) is 4. The van der Waals surface area contributed by atoms with Crippen molar-refractivity contribution in [3.8, 4) is 17.6 Å². The number of morpholine rings is 1. The summed E-state index contributed by atoms with van der Waals surface area (Å²) in [7, 11) is 1.47. The molecule has 1 aliphatic carbocycles. The molecule has 5 aromatic carbocycles. The average molecular weight is 916 g/mol. The quantitative estimate of drug-likeness (QED) is 0.0622. The summed E-state index contributed by atoms with van der Waals surface area (Å²) in [5, 5.41) is 24.0. The van der Waals surface area contributed by atoms with Crippen molar-refractivity contribution in [1.82, 2.24) is 10.2 Å². The number of carbonyl (C=O) groups excluding carboxylic acids is 4. The Bertz CT molecular complexity index is 2720. The monoisotopic (exact) mass is 915 g/mol. The van der Waals surface area contributed by atoms with Crippen LogP contribution in [0.5, 0.6) is 5.75 Å². The molecule has 13 heteroatoms. The molecule has 4 aliphatic rings. The number of carbonyl (C=O) groups is 4. The fourth-order valence-electron chi connectivity index (χ4n) is 10.4. The van der Waals surface area contributed by atoms with Crippen LogP contribution in [0.4, 0.5) is 10.5 Å². The van der Waals surface area contributed by atoms with E-state index in [2.05, 4.69) is 23.2 Å². The Morgan fingerprint density at radius 1 is 0.824 bits per heavy atom. The van der Waals surface area contributed by atoms with Crippen LogP contribution in [0.3, 0.4) is 0 Å². The Hall–Kier alpha value is -7.08. The van der Waals surface area contributed by atoms with Gasteiger partial charge in [-0.05, 0) is 89.4 Å². The topological polar surface area (TPSA) is 164 Å². The first-order valence-electron chi connectivity index (χ1n) is 23.0. The molecule has 3 heterocycles. The smallest absolute Gasteiger partial charge is 0.421 e. The summed E-state index contributed by atoms with van der Waals surface area (Å²) in [6, 6.07) is 36.4. The zero-order valence-corrected chi connectivity index (χ0v) is 37.7. The highest BCUT2D eigenvalue weighted by molar-refractivity contribution is 6.23. The van der Waals surface area contributed by atoms with Crippen molar-refractivity contribution in [2.45, 2.75) is 61.4 Å². The van der Waals surface area contributed by atoms with E-state index in [0.29, 0.717) is 28.0 Å². The molecule has 3 N–H and O–H groups in total. The molecule has 2 saturated heterocycles. The fourth-order valence-corrected chi connectivity index (χ4v) is 10.4. The predicted molar refractivity (Wildman–Crippen MR) is 252 cm³/mol. The molecule has 13 nitrogen and oxygen atoms in total. The van der Waals surface area contributed by atoms with Gasteiger partial charge in [0.2, 0.25) is 11.8 Å². The van der Waals surface area contributed by atoms with Gasteiger partial charge in [0.25, 0.3) is 0 Å². The van der Waals surface area contributed by atoms with Gasteiger partial charge in [-0.3, -0.25) is 19.3 Å². The zero-order chi connectivity index (χ0) is 47.2. The van der Waals surface area contributed by atoms with E-state index in [1.807, 2.05) is 71.6 Å². The van der Waals surface area contributed by atoms with E-state index < -0.39 is 65.5 Å². The number of aliphatic hydroxyl groups is 2. The van der Waals surface area contributed by atoms with Crippen LogP contribution in [0.25, 0.3) is 0 Å². The molecule has 68 heavy (non-hydrogen) atoms. The summed E-state index contributed by atoms with van der Waals surface area (Å²) in [6.07, 6.45) is 2.93. The minimum Gasteiger partial charge on any atom is -0.491 e. The number of methoxy groups -OCH3 is 1. The lowest BCUT2D eigenvalue weighted by molar-refractivity contribution is -0.178. The van der Waals surface area contributed by atoms with Crippen LogP contribution in [0.15, 0.2) is 145 Å². The Morgan fingerprint density at radius 2 is 1.53 bits per heavy atom. The predicted octanol–water partition coefficient (Wildman–Crippen LogP) is 7.21. The molecule has 9 rings (SSSR count). The molecule has 0 saturated carbocycles. The van der Waals surface area contributed by atoms with E-state index in [4.69, 9.17) is 18.9 Å². The second kappa shape index (κ2) is 20.4. The molecule has 0 aromatic heterocycles. The molecule has 7 atom stereocenters. The number of fused-ring (bicyclic) bond motifs is 3. The maximum atomic E-state index is 16.4. The van der Waals surface area contributed by atoms with Gasteiger partial charge in [0, 0.05) is 19.2 Å². The van der Waals surface area contributed by atoms with E-state index in [1.165, 1.54) is 7.11 Å². The Labute approximate surface area is 395 Å². The number of esters is 1. The average Bonchev–Trinajstić information content (AvgIpc) is 3.84. The molecule has 348 valence electrons. The van der Waals surface area contributed by atoms with Gasteiger partial charge in [-0.2, -0.15) is 0 Å². The van der Waals surface area contributed by atoms with Gasteiger partial charge in [-0.15, -0.1) is 0 Å². The molecule has 3 aliphatic heterocycles. The van der Waals surface area contributed by atoms with Gasteiger partial charge in [0.1, 0.15) is 36.5 Å². The van der Waals surface area contributed by atoms with Crippen molar-refractivity contribution in [1.29, 1.82) is 0 Å². The third-order valence-corrected chi connectivity index (χ3v) is 13.3. The molecule has 2 fully saturated rings. The zero-order valence-electron chi connectivity index (χ0n) is 37.7. The first kappa shape index (κ1) is 46.0. The van der Waals surface area contributed by atoms with Crippen LogP contribution < -0.4 is 15.0 Å². The number of benzene rings is 5. The lowest BCUT2D eigenvalue weighted by atomic mass is 9.65. The number of hydrogen-bond donors (Lipinski definition) is 3. The molecular formula is C55H53N3O10. The lowest BCUT2D eigenvalue weighted by Crippen LogP contribution is -2.56. The number of nitrogens with zero attached hydrogens (tertiary/aromatic N) is 2. The first-order chi connectivity index (χ1) is 33.3. The second-order valence-electron chi connectivity index (χ2n) is 17.3. The summed E-state index contributed by atoms with van der Waals surface area (Å²) in [4.78, 5) is 64.8. The first-order valence-corrected chi connectivity index (χ1v) is 23.0. The molecular weight excluding hydrogens is 863 g/mol. The Kier molecular flexibility index (Phi) is 13.8. The number of rotatable bonds is 13. The highest BCUT2D eigenvalue weighted by Crippen LogP contribution is 2.66. The van der Waals surface area contributed by atoms with Gasteiger partial charge in [-0.1, -0.05) is 121 Å². The highest BCUT2D eigenvalue weighted by Gasteiger charge is 2.75. The number of anilines is 1. The van der Waals surface area contributed by atoms with Crippen LogP contribution in [0.1, 0.15) is 83.4 Å². The fraction of sp³-hybridized carbons (Fsp3) is 0.309. The van der Waals surface area contributed by atoms with E-state index in [-0.39, 0.29) is 44.2 Å². The molecule has 3 amide bonds. The maximum Gasteiger partial charge on any atom is 0.421 e. The summed E-state index contributed by atoms with van der Waals surface area (Å²) in [6.45, 7) is -0.566. The summed E-state index contributed by atoms with van der Waals surface area (Å²) < 4.78 is 23.3. The van der Waals surface area contributed by atoms with Crippen LogP contribution in [0, 0.1) is 17.8 Å². The highest BCUT2D eigenvalue weighted by atomic mass is 16.6. The minimum atomic E-state index is -2.06. The van der Waals surface area contributed by atoms with Gasteiger partial charge >= 0.3 is 12.1 Å². The molecule has 0 radical (unpaired) electrons. The van der Waals surface area contributed by atoms with Crippen LogP contribution in [-0.4, -0.2) is 85.1 Å². The number of amides is 3. The van der Waals surface area contributed by atoms with E-state index in [0.717, 1.165) is 41.7 Å². The van der Waals surface area contributed by atoms with E-state index in [1.54, 1.807) is 66.7 Å². The third-order valence-electron chi connectivity index (χ3n) is 13.3. The minimum absolute atomic E-state index is 0.0331. The molecule has 5 aromatic rings. The van der Waals surface area contributed by atoms with E-state index >= 15 is 14.4 Å². The standard InChI is InChI=1S/C55H53N3O10/c1-65-32-33-67-54(64)57-44-29-24-37(23-22-36-14-6-2-7-15-36)34-43(44)55(53(57)63)46(51(61)56-35-45(60)38-16-8-3-9-17-38)48-52(62)68-49(40-20-12-5-13-21-40)47(39-18-10-4-11-19-39)58(48)50(55)41-25-27-42(28-26-41)66-31-30-59/h3-5,8-14,16-21,24-29,34,45-50,59-60H,2,6-7,15,30-33,35H2,1H3,(H,56,61)/t45-,46+,47+,48+,49-,50-,55+/m0/s1. The number of hydrogen-bond acceptors (Lipinski definition) is 11. The van der Waals surface area contributed by atoms with Crippen LogP contribution in [0.2, 0.25) is 0 Å². The molecule has 0 bridgehead atoms. The van der Waals surface area contributed by atoms with Gasteiger partial charge < -0.3 is 34.5 Å². The number of imide groups is 1. The maximum absolute atomic E-state index is 16.4. The Morgan fingerprint density at radius 3 is 2.21 bits per heavy atom. The normalized spacial score (nSPS) is 23.4. The Balaban J connectivity index is 1.32. The number of nitrogens with one attached hydrogen (secondary N) is 1.